The molecule has 2 aromatic rings. The fourth-order valence-corrected chi connectivity index (χ4v) is 1.74. The summed E-state index contributed by atoms with van der Waals surface area (Å²) in [5.41, 5.74) is 7.87. The van der Waals surface area contributed by atoms with Crippen LogP contribution in [0.25, 0.3) is 11.4 Å². The minimum Gasteiger partial charge on any atom is -0.327 e. The zero-order chi connectivity index (χ0) is 10.7. The van der Waals surface area contributed by atoms with Crippen LogP contribution in [-0.4, -0.2) is 9.55 Å². The molecule has 3 heteroatoms. The highest BCUT2D eigenvalue weighted by atomic mass is 15.1. The van der Waals surface area contributed by atoms with E-state index in [1.807, 2.05) is 24.4 Å². The number of nitrogens with two attached hydrogens (primary N) is 1. The smallest absolute Gasteiger partial charge is 0.140 e. The van der Waals surface area contributed by atoms with Crippen molar-refractivity contribution in [2.24, 2.45) is 5.73 Å². The summed E-state index contributed by atoms with van der Waals surface area (Å²) in [6.45, 7) is 3.54. The standard InChI is InChI=1S/C12H15N3/c1-2-15-11(8-13)9-14-12(15)10-6-4-3-5-7-10/h3-7,9H,2,8,13H2,1H3. The van der Waals surface area contributed by atoms with Crippen LogP contribution < -0.4 is 5.73 Å². The Morgan fingerprint density at radius 2 is 2.00 bits per heavy atom. The van der Waals surface area contributed by atoms with E-state index in [9.17, 15) is 0 Å². The third-order valence-electron chi connectivity index (χ3n) is 2.50. The molecule has 0 aliphatic rings. The van der Waals surface area contributed by atoms with Crippen molar-refractivity contribution < 1.29 is 0 Å². The second-order valence-electron chi connectivity index (χ2n) is 3.39. The van der Waals surface area contributed by atoms with E-state index in [0.717, 1.165) is 23.6 Å². The van der Waals surface area contributed by atoms with Crippen LogP contribution in [0.2, 0.25) is 0 Å². The second kappa shape index (κ2) is 4.28. The minimum atomic E-state index is 0.535. The van der Waals surface area contributed by atoms with Crippen molar-refractivity contribution in [2.45, 2.75) is 20.0 Å². The molecule has 2 rings (SSSR count). The Balaban J connectivity index is 2.49. The largest absolute Gasteiger partial charge is 0.327 e. The maximum Gasteiger partial charge on any atom is 0.140 e. The highest BCUT2D eigenvalue weighted by molar-refractivity contribution is 5.55. The summed E-state index contributed by atoms with van der Waals surface area (Å²) in [4.78, 5) is 4.41. The van der Waals surface area contributed by atoms with Gasteiger partial charge in [0, 0.05) is 18.7 Å². The number of hydrogen-bond donors (Lipinski definition) is 1. The summed E-state index contributed by atoms with van der Waals surface area (Å²) in [5.74, 6) is 0.999. The van der Waals surface area contributed by atoms with Crippen LogP contribution in [-0.2, 0) is 13.1 Å². The van der Waals surface area contributed by atoms with Gasteiger partial charge in [-0.05, 0) is 6.92 Å². The molecule has 0 fully saturated rings. The van der Waals surface area contributed by atoms with Crippen molar-refractivity contribution >= 4 is 0 Å². The third-order valence-corrected chi connectivity index (χ3v) is 2.50. The first kappa shape index (κ1) is 9.93. The van der Waals surface area contributed by atoms with E-state index in [-0.39, 0.29) is 0 Å². The van der Waals surface area contributed by atoms with Gasteiger partial charge in [0.2, 0.25) is 0 Å². The van der Waals surface area contributed by atoms with Gasteiger partial charge in [0.15, 0.2) is 0 Å². The molecule has 0 amide bonds. The first-order valence-corrected chi connectivity index (χ1v) is 5.16. The topological polar surface area (TPSA) is 43.8 Å². The first-order chi connectivity index (χ1) is 7.36. The lowest BCUT2D eigenvalue weighted by atomic mass is 10.2. The summed E-state index contributed by atoms with van der Waals surface area (Å²) in [7, 11) is 0. The average Bonchev–Trinajstić information content (AvgIpc) is 2.72. The average molecular weight is 201 g/mol. The van der Waals surface area contributed by atoms with Crippen LogP contribution in [0.1, 0.15) is 12.6 Å². The lowest BCUT2D eigenvalue weighted by molar-refractivity contribution is 0.720. The SMILES string of the molecule is CCn1c(CN)cnc1-c1ccccc1. The van der Waals surface area contributed by atoms with Gasteiger partial charge in [-0.3, -0.25) is 0 Å². The number of benzene rings is 1. The van der Waals surface area contributed by atoms with Crippen LogP contribution in [0.5, 0.6) is 0 Å². The van der Waals surface area contributed by atoms with Gasteiger partial charge in [-0.1, -0.05) is 30.3 Å². The highest BCUT2D eigenvalue weighted by Gasteiger charge is 2.08. The van der Waals surface area contributed by atoms with Gasteiger partial charge in [0.25, 0.3) is 0 Å². The minimum absolute atomic E-state index is 0.535. The van der Waals surface area contributed by atoms with E-state index < -0.39 is 0 Å². The molecule has 1 aromatic heterocycles. The van der Waals surface area contributed by atoms with Gasteiger partial charge in [0.1, 0.15) is 5.82 Å². The van der Waals surface area contributed by atoms with E-state index in [1.165, 1.54) is 0 Å². The van der Waals surface area contributed by atoms with Crippen molar-refractivity contribution in [1.82, 2.24) is 9.55 Å². The number of aromatic nitrogens is 2. The van der Waals surface area contributed by atoms with Crippen molar-refractivity contribution in [3.05, 3.63) is 42.2 Å². The first-order valence-electron chi connectivity index (χ1n) is 5.16. The Kier molecular flexibility index (Phi) is 2.83. The van der Waals surface area contributed by atoms with Gasteiger partial charge in [-0.15, -0.1) is 0 Å². The number of nitrogens with zero attached hydrogens (tertiary/aromatic N) is 2. The third kappa shape index (κ3) is 1.78. The van der Waals surface area contributed by atoms with Crippen LogP contribution in [0, 0.1) is 0 Å². The zero-order valence-corrected chi connectivity index (χ0v) is 8.85. The van der Waals surface area contributed by atoms with Gasteiger partial charge in [-0.2, -0.15) is 0 Å². The van der Waals surface area contributed by atoms with E-state index in [2.05, 4.69) is 28.6 Å². The van der Waals surface area contributed by atoms with E-state index in [0.29, 0.717) is 6.54 Å². The molecule has 78 valence electrons. The predicted molar refractivity (Wildman–Crippen MR) is 61.2 cm³/mol. The molecule has 0 bridgehead atoms. The Morgan fingerprint density at radius 1 is 1.27 bits per heavy atom. The van der Waals surface area contributed by atoms with Crippen LogP contribution in [0.15, 0.2) is 36.5 Å². The normalized spacial score (nSPS) is 10.5. The Labute approximate surface area is 89.6 Å². The van der Waals surface area contributed by atoms with Gasteiger partial charge >= 0.3 is 0 Å². The fourth-order valence-electron chi connectivity index (χ4n) is 1.74. The van der Waals surface area contributed by atoms with Crippen LogP contribution in [0.4, 0.5) is 0 Å². The van der Waals surface area contributed by atoms with Gasteiger partial charge in [0.05, 0.1) is 11.9 Å². The number of rotatable bonds is 3. The van der Waals surface area contributed by atoms with Crippen molar-refractivity contribution in [3.8, 4) is 11.4 Å². The van der Waals surface area contributed by atoms with Gasteiger partial charge in [-0.25, -0.2) is 4.98 Å². The summed E-state index contributed by atoms with van der Waals surface area (Å²) in [6, 6.07) is 10.2. The molecule has 0 aliphatic heterocycles. The molecule has 0 atom stereocenters. The summed E-state index contributed by atoms with van der Waals surface area (Å²) in [6.07, 6.45) is 1.85. The van der Waals surface area contributed by atoms with Crippen molar-refractivity contribution in [1.29, 1.82) is 0 Å². The Hall–Kier alpha value is -1.61. The summed E-state index contributed by atoms with van der Waals surface area (Å²) in [5, 5.41) is 0. The van der Waals surface area contributed by atoms with Crippen molar-refractivity contribution in [3.63, 3.8) is 0 Å². The fraction of sp³-hybridized carbons (Fsp3) is 0.250. The molecule has 1 heterocycles. The van der Waals surface area contributed by atoms with E-state index in [4.69, 9.17) is 5.73 Å². The lowest BCUT2D eigenvalue weighted by Crippen LogP contribution is -2.07. The lowest BCUT2D eigenvalue weighted by Gasteiger charge is -2.07. The molecule has 0 spiro atoms. The number of hydrogen-bond acceptors (Lipinski definition) is 2. The zero-order valence-electron chi connectivity index (χ0n) is 8.85. The van der Waals surface area contributed by atoms with Gasteiger partial charge < -0.3 is 10.3 Å². The molecule has 0 saturated heterocycles. The van der Waals surface area contributed by atoms with E-state index >= 15 is 0 Å². The molecule has 0 unspecified atom stereocenters. The monoisotopic (exact) mass is 201 g/mol. The predicted octanol–water partition coefficient (Wildman–Crippen LogP) is 2.03. The molecule has 1 aromatic carbocycles. The highest BCUT2D eigenvalue weighted by Crippen LogP contribution is 2.18. The molecule has 15 heavy (non-hydrogen) atoms. The van der Waals surface area contributed by atoms with Crippen molar-refractivity contribution in [2.75, 3.05) is 0 Å². The molecule has 0 saturated carbocycles. The molecule has 0 aliphatic carbocycles. The maximum absolute atomic E-state index is 5.66. The Morgan fingerprint density at radius 3 is 2.60 bits per heavy atom. The van der Waals surface area contributed by atoms with Crippen LogP contribution >= 0.6 is 0 Å². The summed E-state index contributed by atoms with van der Waals surface area (Å²) < 4.78 is 2.15. The second-order valence-corrected chi connectivity index (χ2v) is 3.39. The summed E-state index contributed by atoms with van der Waals surface area (Å²) >= 11 is 0. The molecule has 0 radical (unpaired) electrons. The molecule has 2 N–H and O–H groups in total. The maximum atomic E-state index is 5.66. The van der Waals surface area contributed by atoms with E-state index in [1.54, 1.807) is 0 Å². The number of imidazole rings is 1. The molecular weight excluding hydrogens is 186 g/mol. The molecular formula is C12H15N3. The molecule has 3 nitrogen and oxygen atoms in total. The van der Waals surface area contributed by atoms with Crippen LogP contribution in [0.3, 0.4) is 0 Å². The quantitative estimate of drug-likeness (QED) is 0.825. The Bertz CT molecular complexity index is 431.